The van der Waals surface area contributed by atoms with E-state index in [9.17, 15) is 18.4 Å². The summed E-state index contributed by atoms with van der Waals surface area (Å²) in [6, 6.07) is 13.4. The highest BCUT2D eigenvalue weighted by molar-refractivity contribution is 5.94. The molecule has 2 amide bonds. The fraction of sp³-hybridized carbons (Fsp3) is 0.440. The summed E-state index contributed by atoms with van der Waals surface area (Å²) in [6.07, 6.45) is 2.08. The molecule has 4 rings (SSSR count). The van der Waals surface area contributed by atoms with Crippen LogP contribution in [-0.2, 0) is 11.3 Å². The van der Waals surface area contributed by atoms with E-state index >= 15 is 0 Å². The molecule has 2 aromatic carbocycles. The summed E-state index contributed by atoms with van der Waals surface area (Å²) >= 11 is 0. The Bertz CT molecular complexity index is 945. The van der Waals surface area contributed by atoms with Gasteiger partial charge < -0.3 is 9.80 Å². The SMILES string of the molecule is O=C(c1ccc(F)cc1F)N1CCC(C(=O)N2CCCN(Cc3ccccc3)CC2)CC1. The van der Waals surface area contributed by atoms with E-state index in [0.29, 0.717) is 32.5 Å². The average molecular weight is 442 g/mol. The molecule has 0 bridgehead atoms. The van der Waals surface area contributed by atoms with E-state index in [2.05, 4.69) is 17.0 Å². The molecule has 0 saturated carbocycles. The van der Waals surface area contributed by atoms with Gasteiger partial charge in [-0.1, -0.05) is 30.3 Å². The maximum absolute atomic E-state index is 14.0. The van der Waals surface area contributed by atoms with Crippen LogP contribution < -0.4 is 0 Å². The van der Waals surface area contributed by atoms with Crippen LogP contribution in [0.25, 0.3) is 0 Å². The zero-order chi connectivity index (χ0) is 22.5. The second kappa shape index (κ2) is 10.2. The van der Waals surface area contributed by atoms with Gasteiger partial charge in [0.05, 0.1) is 5.56 Å². The fourth-order valence-corrected chi connectivity index (χ4v) is 4.61. The van der Waals surface area contributed by atoms with Gasteiger partial charge in [0.15, 0.2) is 0 Å². The Labute approximate surface area is 187 Å². The van der Waals surface area contributed by atoms with E-state index < -0.39 is 17.5 Å². The smallest absolute Gasteiger partial charge is 0.256 e. The second-order valence-electron chi connectivity index (χ2n) is 8.63. The van der Waals surface area contributed by atoms with Crippen molar-refractivity contribution in [2.24, 2.45) is 5.92 Å². The molecular formula is C25H29F2N3O2. The highest BCUT2D eigenvalue weighted by atomic mass is 19.1. The van der Waals surface area contributed by atoms with Gasteiger partial charge in [0.25, 0.3) is 5.91 Å². The third kappa shape index (κ3) is 5.33. The van der Waals surface area contributed by atoms with Gasteiger partial charge in [-0.2, -0.15) is 0 Å². The molecule has 2 fully saturated rings. The highest BCUT2D eigenvalue weighted by Gasteiger charge is 2.32. The maximum atomic E-state index is 14.0. The normalized spacial score (nSPS) is 18.4. The van der Waals surface area contributed by atoms with E-state index in [-0.39, 0.29) is 17.4 Å². The zero-order valence-electron chi connectivity index (χ0n) is 18.2. The third-order valence-corrected chi connectivity index (χ3v) is 6.44. The van der Waals surface area contributed by atoms with Crippen molar-refractivity contribution >= 4 is 11.8 Å². The number of hydrogen-bond acceptors (Lipinski definition) is 3. The summed E-state index contributed by atoms with van der Waals surface area (Å²) < 4.78 is 27.1. The van der Waals surface area contributed by atoms with Crippen molar-refractivity contribution in [1.29, 1.82) is 0 Å². The summed E-state index contributed by atoms with van der Waals surface area (Å²) in [5, 5.41) is 0. The van der Waals surface area contributed by atoms with Crippen LogP contribution in [-0.4, -0.2) is 65.8 Å². The van der Waals surface area contributed by atoms with E-state index in [4.69, 9.17) is 0 Å². The minimum atomic E-state index is -0.849. The van der Waals surface area contributed by atoms with Crippen molar-refractivity contribution in [2.45, 2.75) is 25.8 Å². The Morgan fingerprint density at radius 3 is 2.31 bits per heavy atom. The first-order valence-electron chi connectivity index (χ1n) is 11.3. The molecule has 2 aromatic rings. The first kappa shape index (κ1) is 22.4. The molecule has 0 spiro atoms. The van der Waals surface area contributed by atoms with Crippen LogP contribution in [0.3, 0.4) is 0 Å². The second-order valence-corrected chi connectivity index (χ2v) is 8.63. The molecule has 2 aliphatic rings. The van der Waals surface area contributed by atoms with Crippen LogP contribution in [0, 0.1) is 17.6 Å². The van der Waals surface area contributed by atoms with Crippen LogP contribution in [0.1, 0.15) is 35.2 Å². The van der Waals surface area contributed by atoms with Gasteiger partial charge >= 0.3 is 0 Å². The lowest BCUT2D eigenvalue weighted by Crippen LogP contribution is -2.45. The topological polar surface area (TPSA) is 43.9 Å². The van der Waals surface area contributed by atoms with Crippen LogP contribution >= 0.6 is 0 Å². The van der Waals surface area contributed by atoms with Crippen LogP contribution in [0.15, 0.2) is 48.5 Å². The van der Waals surface area contributed by atoms with Crippen molar-refractivity contribution in [1.82, 2.24) is 14.7 Å². The molecule has 2 saturated heterocycles. The largest absolute Gasteiger partial charge is 0.341 e. The van der Waals surface area contributed by atoms with Gasteiger partial charge in [-0.25, -0.2) is 8.78 Å². The quantitative estimate of drug-likeness (QED) is 0.729. The first-order chi connectivity index (χ1) is 15.5. The number of halogens is 2. The van der Waals surface area contributed by atoms with E-state index in [1.165, 1.54) is 11.6 Å². The first-order valence-corrected chi connectivity index (χ1v) is 11.3. The summed E-state index contributed by atoms with van der Waals surface area (Å²) in [4.78, 5) is 31.6. The summed E-state index contributed by atoms with van der Waals surface area (Å²) in [7, 11) is 0. The molecule has 2 heterocycles. The molecule has 2 aliphatic heterocycles. The Morgan fingerprint density at radius 1 is 0.844 bits per heavy atom. The molecule has 0 unspecified atom stereocenters. The Morgan fingerprint density at radius 2 is 1.59 bits per heavy atom. The van der Waals surface area contributed by atoms with Gasteiger partial charge in [-0.05, 0) is 37.0 Å². The Kier molecular flexibility index (Phi) is 7.15. The number of benzene rings is 2. The monoisotopic (exact) mass is 441 g/mol. The maximum Gasteiger partial charge on any atom is 0.256 e. The highest BCUT2D eigenvalue weighted by Crippen LogP contribution is 2.23. The molecule has 0 N–H and O–H groups in total. The molecule has 7 heteroatoms. The minimum Gasteiger partial charge on any atom is -0.341 e. The summed E-state index contributed by atoms with van der Waals surface area (Å²) in [5.74, 6) is -1.95. The van der Waals surface area contributed by atoms with E-state index in [1.54, 1.807) is 4.90 Å². The molecule has 32 heavy (non-hydrogen) atoms. The van der Waals surface area contributed by atoms with Crippen LogP contribution in [0.4, 0.5) is 8.78 Å². The van der Waals surface area contributed by atoms with Gasteiger partial charge in [0.1, 0.15) is 11.6 Å². The van der Waals surface area contributed by atoms with Crippen LogP contribution in [0.2, 0.25) is 0 Å². The van der Waals surface area contributed by atoms with Crippen molar-refractivity contribution in [3.63, 3.8) is 0 Å². The molecule has 0 aliphatic carbocycles. The van der Waals surface area contributed by atoms with Gasteiger partial charge in [0.2, 0.25) is 5.91 Å². The molecule has 0 atom stereocenters. The number of nitrogens with zero attached hydrogens (tertiary/aromatic N) is 3. The zero-order valence-corrected chi connectivity index (χ0v) is 18.2. The number of carbonyl (C=O) groups excluding carboxylic acids is 2. The lowest BCUT2D eigenvalue weighted by atomic mass is 9.94. The van der Waals surface area contributed by atoms with Crippen molar-refractivity contribution in [3.05, 3.63) is 71.3 Å². The summed E-state index contributed by atoms with van der Waals surface area (Å²) in [6.45, 7) is 4.98. The molecule has 5 nitrogen and oxygen atoms in total. The van der Waals surface area contributed by atoms with Crippen molar-refractivity contribution < 1.29 is 18.4 Å². The number of carbonyl (C=O) groups is 2. The van der Waals surface area contributed by atoms with Crippen molar-refractivity contribution in [3.8, 4) is 0 Å². The van der Waals surface area contributed by atoms with E-state index in [0.717, 1.165) is 44.7 Å². The summed E-state index contributed by atoms with van der Waals surface area (Å²) in [5.41, 5.74) is 1.16. The lowest BCUT2D eigenvalue weighted by molar-refractivity contribution is -0.136. The number of likely N-dealkylation sites (tertiary alicyclic amines) is 1. The standard InChI is InChI=1S/C25H29F2N3O2/c26-21-7-8-22(23(27)17-21)25(32)30-13-9-20(10-14-30)24(31)29-12-4-11-28(15-16-29)18-19-5-2-1-3-6-19/h1-3,5-8,17,20H,4,9-16,18H2. The molecular weight excluding hydrogens is 412 g/mol. The third-order valence-electron chi connectivity index (χ3n) is 6.44. The number of amides is 2. The molecule has 0 aromatic heterocycles. The Balaban J connectivity index is 1.28. The van der Waals surface area contributed by atoms with E-state index in [1.807, 2.05) is 23.1 Å². The van der Waals surface area contributed by atoms with Gasteiger partial charge in [-0.15, -0.1) is 0 Å². The Hall–Kier alpha value is -2.80. The fourth-order valence-electron chi connectivity index (χ4n) is 4.61. The van der Waals surface area contributed by atoms with Crippen LogP contribution in [0.5, 0.6) is 0 Å². The predicted molar refractivity (Wildman–Crippen MR) is 118 cm³/mol. The van der Waals surface area contributed by atoms with Crippen molar-refractivity contribution in [2.75, 3.05) is 39.3 Å². The lowest BCUT2D eigenvalue weighted by Gasteiger charge is -2.34. The predicted octanol–water partition coefficient (Wildman–Crippen LogP) is 3.55. The van der Waals surface area contributed by atoms with Gasteiger partial charge in [-0.3, -0.25) is 14.5 Å². The number of hydrogen-bond donors (Lipinski definition) is 0. The molecule has 0 radical (unpaired) electrons. The number of piperidine rings is 1. The molecule has 170 valence electrons. The average Bonchev–Trinajstić information content (AvgIpc) is 3.04. The van der Waals surface area contributed by atoms with Gasteiger partial charge in [0, 0.05) is 57.8 Å². The minimum absolute atomic E-state index is 0.113. The number of rotatable bonds is 4.